The number of hydrogen-bond acceptors (Lipinski definition) is 3. The Morgan fingerprint density at radius 3 is 2.50 bits per heavy atom. The predicted molar refractivity (Wildman–Crippen MR) is 81.4 cm³/mol. The minimum atomic E-state index is 0.277. The molecule has 96 valence electrons. The normalized spacial score (nSPS) is 12.4. The van der Waals surface area contributed by atoms with Crippen molar-refractivity contribution in [1.29, 1.82) is 0 Å². The second-order valence-electron chi connectivity index (χ2n) is 4.83. The predicted octanol–water partition coefficient (Wildman–Crippen LogP) is 4.43. The van der Waals surface area contributed by atoms with E-state index in [1.54, 1.807) is 0 Å². The van der Waals surface area contributed by atoms with Crippen molar-refractivity contribution in [1.82, 2.24) is 0 Å². The number of hydrogen-bond donors (Lipinski definition) is 2. The number of nitrogens with one attached hydrogen (secondary N) is 1. The van der Waals surface area contributed by atoms with Gasteiger partial charge in [-0.1, -0.05) is 6.07 Å². The quantitative estimate of drug-likeness (QED) is 0.801. The number of anilines is 2. The number of rotatable bonds is 3. The summed E-state index contributed by atoms with van der Waals surface area (Å²) in [6.45, 7) is 8.57. The van der Waals surface area contributed by atoms with Crippen LogP contribution in [-0.2, 0) is 0 Å². The van der Waals surface area contributed by atoms with Crippen LogP contribution in [0.1, 0.15) is 33.8 Å². The number of benzene rings is 1. The van der Waals surface area contributed by atoms with Crippen LogP contribution >= 0.6 is 11.3 Å². The Hall–Kier alpha value is -1.48. The SMILES string of the molecule is Cc1ccc(N)c(NC(C)c2cc(C)sc2C)c1. The van der Waals surface area contributed by atoms with Gasteiger partial charge < -0.3 is 11.1 Å². The van der Waals surface area contributed by atoms with Crippen LogP contribution in [0.5, 0.6) is 0 Å². The van der Waals surface area contributed by atoms with E-state index in [-0.39, 0.29) is 6.04 Å². The molecule has 0 fully saturated rings. The summed E-state index contributed by atoms with van der Waals surface area (Å²) in [5.74, 6) is 0. The Balaban J connectivity index is 2.23. The van der Waals surface area contributed by atoms with Crippen molar-refractivity contribution in [3.63, 3.8) is 0 Å². The van der Waals surface area contributed by atoms with Crippen molar-refractivity contribution in [2.24, 2.45) is 0 Å². The zero-order valence-electron chi connectivity index (χ0n) is 11.4. The van der Waals surface area contributed by atoms with Gasteiger partial charge in [-0.2, -0.15) is 0 Å². The first-order valence-electron chi connectivity index (χ1n) is 6.17. The molecular weight excluding hydrogens is 240 g/mol. The van der Waals surface area contributed by atoms with Gasteiger partial charge >= 0.3 is 0 Å². The van der Waals surface area contributed by atoms with Crippen LogP contribution in [0, 0.1) is 20.8 Å². The Morgan fingerprint density at radius 1 is 1.17 bits per heavy atom. The number of nitrogens with two attached hydrogens (primary N) is 1. The fraction of sp³-hybridized carbons (Fsp3) is 0.333. The molecule has 3 heteroatoms. The van der Waals surface area contributed by atoms with Crippen molar-refractivity contribution in [2.75, 3.05) is 11.1 Å². The molecule has 1 heterocycles. The highest BCUT2D eigenvalue weighted by atomic mass is 32.1. The zero-order chi connectivity index (χ0) is 13.3. The van der Waals surface area contributed by atoms with Crippen LogP contribution in [0.2, 0.25) is 0 Å². The Bertz CT molecular complexity index is 558. The second kappa shape index (κ2) is 5.02. The van der Waals surface area contributed by atoms with E-state index in [9.17, 15) is 0 Å². The van der Waals surface area contributed by atoms with Gasteiger partial charge in [0, 0.05) is 15.8 Å². The zero-order valence-corrected chi connectivity index (χ0v) is 12.2. The maximum Gasteiger partial charge on any atom is 0.0581 e. The Labute approximate surface area is 113 Å². The average Bonchev–Trinajstić information content (AvgIpc) is 2.63. The highest BCUT2D eigenvalue weighted by Crippen LogP contribution is 2.30. The molecule has 2 aromatic rings. The lowest BCUT2D eigenvalue weighted by atomic mass is 10.1. The van der Waals surface area contributed by atoms with Crippen molar-refractivity contribution in [3.05, 3.63) is 45.1 Å². The van der Waals surface area contributed by atoms with Gasteiger partial charge in [0.15, 0.2) is 0 Å². The van der Waals surface area contributed by atoms with Gasteiger partial charge in [0.25, 0.3) is 0 Å². The molecule has 0 saturated carbocycles. The third kappa shape index (κ3) is 2.67. The first-order valence-corrected chi connectivity index (χ1v) is 6.98. The summed E-state index contributed by atoms with van der Waals surface area (Å²) >= 11 is 1.84. The molecule has 1 unspecified atom stereocenters. The fourth-order valence-corrected chi connectivity index (χ4v) is 3.21. The van der Waals surface area contributed by atoms with E-state index in [1.165, 1.54) is 20.9 Å². The highest BCUT2D eigenvalue weighted by molar-refractivity contribution is 7.12. The molecule has 18 heavy (non-hydrogen) atoms. The molecule has 0 aliphatic rings. The first-order chi connectivity index (χ1) is 8.47. The first kappa shape index (κ1) is 13.0. The van der Waals surface area contributed by atoms with Crippen molar-refractivity contribution >= 4 is 22.7 Å². The van der Waals surface area contributed by atoms with Crippen LogP contribution < -0.4 is 11.1 Å². The minimum Gasteiger partial charge on any atom is -0.397 e. The van der Waals surface area contributed by atoms with E-state index < -0.39 is 0 Å². The van der Waals surface area contributed by atoms with Crippen LogP contribution in [0.3, 0.4) is 0 Å². The summed E-state index contributed by atoms with van der Waals surface area (Å²) in [7, 11) is 0. The van der Waals surface area contributed by atoms with Crippen molar-refractivity contribution in [3.8, 4) is 0 Å². The maximum absolute atomic E-state index is 6.00. The molecule has 3 N–H and O–H groups in total. The lowest BCUT2D eigenvalue weighted by Gasteiger charge is -2.17. The third-order valence-corrected chi connectivity index (χ3v) is 4.11. The van der Waals surface area contributed by atoms with Gasteiger partial charge in [-0.3, -0.25) is 0 Å². The van der Waals surface area contributed by atoms with Gasteiger partial charge in [0.1, 0.15) is 0 Å². The van der Waals surface area contributed by atoms with Crippen LogP contribution in [0.25, 0.3) is 0 Å². The van der Waals surface area contributed by atoms with Crippen LogP contribution in [-0.4, -0.2) is 0 Å². The molecule has 2 rings (SSSR count). The lowest BCUT2D eigenvalue weighted by Crippen LogP contribution is -2.08. The molecule has 0 spiro atoms. The summed E-state index contributed by atoms with van der Waals surface area (Å²) in [5.41, 5.74) is 10.4. The number of thiophene rings is 1. The van der Waals surface area contributed by atoms with Gasteiger partial charge in [-0.05, 0) is 57.0 Å². The molecular formula is C15H20N2S. The highest BCUT2D eigenvalue weighted by Gasteiger charge is 2.12. The van der Waals surface area contributed by atoms with E-state index >= 15 is 0 Å². The van der Waals surface area contributed by atoms with Gasteiger partial charge in [-0.15, -0.1) is 11.3 Å². The average molecular weight is 260 g/mol. The van der Waals surface area contributed by atoms with E-state index in [0.29, 0.717) is 0 Å². The molecule has 1 atom stereocenters. The summed E-state index contributed by atoms with van der Waals surface area (Å²) in [5, 5.41) is 3.50. The summed E-state index contributed by atoms with van der Waals surface area (Å²) < 4.78 is 0. The van der Waals surface area contributed by atoms with E-state index in [4.69, 9.17) is 5.73 Å². The molecule has 0 aliphatic heterocycles. The van der Waals surface area contributed by atoms with E-state index in [0.717, 1.165) is 11.4 Å². The summed E-state index contributed by atoms with van der Waals surface area (Å²) in [4.78, 5) is 2.73. The molecule has 1 aromatic heterocycles. The molecule has 0 bridgehead atoms. The molecule has 0 amide bonds. The molecule has 1 aromatic carbocycles. The summed E-state index contributed by atoms with van der Waals surface area (Å²) in [6.07, 6.45) is 0. The fourth-order valence-electron chi connectivity index (χ4n) is 2.19. The smallest absolute Gasteiger partial charge is 0.0581 e. The molecule has 2 nitrogen and oxygen atoms in total. The number of aryl methyl sites for hydroxylation is 3. The van der Waals surface area contributed by atoms with Crippen molar-refractivity contribution in [2.45, 2.75) is 33.7 Å². The third-order valence-electron chi connectivity index (χ3n) is 3.13. The second-order valence-corrected chi connectivity index (χ2v) is 6.29. The van der Waals surface area contributed by atoms with Gasteiger partial charge in [-0.25, -0.2) is 0 Å². The van der Waals surface area contributed by atoms with Crippen molar-refractivity contribution < 1.29 is 0 Å². The van der Waals surface area contributed by atoms with Gasteiger partial charge in [0.05, 0.1) is 11.4 Å². The largest absolute Gasteiger partial charge is 0.397 e. The minimum absolute atomic E-state index is 0.277. The number of nitrogen functional groups attached to an aromatic ring is 1. The Morgan fingerprint density at radius 2 is 1.89 bits per heavy atom. The topological polar surface area (TPSA) is 38.0 Å². The molecule has 0 aliphatic carbocycles. The Kier molecular flexibility index (Phi) is 3.62. The molecule has 0 saturated heterocycles. The lowest BCUT2D eigenvalue weighted by molar-refractivity contribution is 0.882. The van der Waals surface area contributed by atoms with Crippen LogP contribution in [0.4, 0.5) is 11.4 Å². The van der Waals surface area contributed by atoms with Gasteiger partial charge in [0.2, 0.25) is 0 Å². The van der Waals surface area contributed by atoms with E-state index in [2.05, 4.69) is 45.1 Å². The summed E-state index contributed by atoms with van der Waals surface area (Å²) in [6, 6.07) is 8.62. The van der Waals surface area contributed by atoms with E-state index in [1.807, 2.05) is 23.5 Å². The standard InChI is InChI=1S/C15H20N2S/c1-9-5-6-14(16)15(7-9)17-11(3)13-8-10(2)18-12(13)4/h5-8,11,17H,16H2,1-4H3. The maximum atomic E-state index is 6.00. The monoisotopic (exact) mass is 260 g/mol. The van der Waals surface area contributed by atoms with Crippen LogP contribution in [0.15, 0.2) is 24.3 Å². The molecule has 0 radical (unpaired) electrons.